The molecule has 0 amide bonds. The van der Waals surface area contributed by atoms with Crippen molar-refractivity contribution in [2.24, 2.45) is 5.73 Å². The lowest BCUT2D eigenvalue weighted by Gasteiger charge is -2.12. The standard InChI is InChI=1S/C14H17NO2/c1-10(2)17-13-5-3-11(4-6-13)14(15)12-7-8-16-9-12/h3-10,14H,15H2,1-2H3. The van der Waals surface area contributed by atoms with Gasteiger partial charge >= 0.3 is 0 Å². The van der Waals surface area contributed by atoms with Crippen LogP contribution in [0.25, 0.3) is 0 Å². The Labute approximate surface area is 101 Å². The predicted molar refractivity (Wildman–Crippen MR) is 66.9 cm³/mol. The van der Waals surface area contributed by atoms with E-state index < -0.39 is 0 Å². The zero-order valence-electron chi connectivity index (χ0n) is 10.1. The molecule has 3 nitrogen and oxygen atoms in total. The highest BCUT2D eigenvalue weighted by molar-refractivity contribution is 5.33. The van der Waals surface area contributed by atoms with E-state index in [0.29, 0.717) is 0 Å². The maximum absolute atomic E-state index is 6.11. The van der Waals surface area contributed by atoms with E-state index in [-0.39, 0.29) is 12.1 Å². The van der Waals surface area contributed by atoms with E-state index in [1.807, 2.05) is 44.2 Å². The normalized spacial score (nSPS) is 12.7. The van der Waals surface area contributed by atoms with E-state index in [9.17, 15) is 0 Å². The Hall–Kier alpha value is -1.74. The van der Waals surface area contributed by atoms with Gasteiger partial charge < -0.3 is 14.9 Å². The monoisotopic (exact) mass is 231 g/mol. The lowest BCUT2D eigenvalue weighted by Crippen LogP contribution is -2.11. The third-order valence-corrected chi connectivity index (χ3v) is 2.51. The molecule has 1 unspecified atom stereocenters. The molecule has 0 saturated heterocycles. The number of rotatable bonds is 4. The summed E-state index contributed by atoms with van der Waals surface area (Å²) in [6.45, 7) is 4.01. The summed E-state index contributed by atoms with van der Waals surface area (Å²) in [5, 5.41) is 0. The summed E-state index contributed by atoms with van der Waals surface area (Å²) < 4.78 is 10.6. The summed E-state index contributed by atoms with van der Waals surface area (Å²) in [5.41, 5.74) is 8.13. The van der Waals surface area contributed by atoms with E-state index in [2.05, 4.69) is 0 Å². The largest absolute Gasteiger partial charge is 0.491 e. The minimum Gasteiger partial charge on any atom is -0.491 e. The molecule has 0 aliphatic rings. The highest BCUT2D eigenvalue weighted by Crippen LogP contribution is 2.22. The maximum atomic E-state index is 6.11. The summed E-state index contributed by atoms with van der Waals surface area (Å²) >= 11 is 0. The molecule has 1 aromatic heterocycles. The average molecular weight is 231 g/mol. The zero-order chi connectivity index (χ0) is 12.3. The second-order valence-electron chi connectivity index (χ2n) is 4.27. The zero-order valence-corrected chi connectivity index (χ0v) is 10.1. The predicted octanol–water partition coefficient (Wildman–Crippen LogP) is 3.11. The highest BCUT2D eigenvalue weighted by atomic mass is 16.5. The Balaban J connectivity index is 2.12. The first-order valence-electron chi connectivity index (χ1n) is 5.71. The van der Waals surface area contributed by atoms with Crippen molar-refractivity contribution in [1.29, 1.82) is 0 Å². The molecule has 2 N–H and O–H groups in total. The first-order valence-corrected chi connectivity index (χ1v) is 5.71. The fourth-order valence-corrected chi connectivity index (χ4v) is 1.67. The van der Waals surface area contributed by atoms with Crippen molar-refractivity contribution < 1.29 is 9.15 Å². The van der Waals surface area contributed by atoms with Crippen molar-refractivity contribution in [1.82, 2.24) is 0 Å². The van der Waals surface area contributed by atoms with Crippen LogP contribution in [0.1, 0.15) is 31.0 Å². The molecular weight excluding hydrogens is 214 g/mol. The molecule has 1 atom stereocenters. The summed E-state index contributed by atoms with van der Waals surface area (Å²) in [6, 6.07) is 9.57. The number of hydrogen-bond donors (Lipinski definition) is 1. The van der Waals surface area contributed by atoms with Crippen molar-refractivity contribution in [2.45, 2.75) is 26.0 Å². The summed E-state index contributed by atoms with van der Waals surface area (Å²) in [6.07, 6.45) is 3.48. The van der Waals surface area contributed by atoms with Crippen molar-refractivity contribution in [2.75, 3.05) is 0 Å². The van der Waals surface area contributed by atoms with Gasteiger partial charge in [-0.3, -0.25) is 0 Å². The molecular formula is C14H17NO2. The number of hydrogen-bond acceptors (Lipinski definition) is 3. The molecule has 17 heavy (non-hydrogen) atoms. The van der Waals surface area contributed by atoms with Crippen LogP contribution in [-0.2, 0) is 0 Å². The van der Waals surface area contributed by atoms with Crippen LogP contribution in [0.15, 0.2) is 47.3 Å². The maximum Gasteiger partial charge on any atom is 0.119 e. The summed E-state index contributed by atoms with van der Waals surface area (Å²) in [5.74, 6) is 0.864. The molecule has 1 aromatic carbocycles. The number of benzene rings is 1. The van der Waals surface area contributed by atoms with Gasteiger partial charge in [-0.05, 0) is 37.6 Å². The Morgan fingerprint density at radius 1 is 1.06 bits per heavy atom. The van der Waals surface area contributed by atoms with Gasteiger partial charge in [-0.1, -0.05) is 12.1 Å². The van der Waals surface area contributed by atoms with Gasteiger partial charge in [0.1, 0.15) is 5.75 Å². The molecule has 0 aliphatic heterocycles. The highest BCUT2D eigenvalue weighted by Gasteiger charge is 2.10. The van der Waals surface area contributed by atoms with Gasteiger partial charge in [0, 0.05) is 5.56 Å². The molecule has 0 radical (unpaired) electrons. The van der Waals surface area contributed by atoms with Crippen molar-refractivity contribution in [3.05, 3.63) is 54.0 Å². The van der Waals surface area contributed by atoms with E-state index in [0.717, 1.165) is 16.9 Å². The van der Waals surface area contributed by atoms with Crippen LogP contribution in [0.5, 0.6) is 5.75 Å². The molecule has 90 valence electrons. The Morgan fingerprint density at radius 3 is 2.29 bits per heavy atom. The van der Waals surface area contributed by atoms with Crippen LogP contribution < -0.4 is 10.5 Å². The molecule has 0 fully saturated rings. The third-order valence-electron chi connectivity index (χ3n) is 2.51. The SMILES string of the molecule is CC(C)Oc1ccc(C(N)c2ccoc2)cc1. The van der Waals surface area contributed by atoms with Gasteiger partial charge in [-0.2, -0.15) is 0 Å². The molecule has 0 saturated carbocycles. The number of furan rings is 1. The van der Waals surface area contributed by atoms with Gasteiger partial charge in [0.25, 0.3) is 0 Å². The van der Waals surface area contributed by atoms with Crippen molar-refractivity contribution in [3.8, 4) is 5.75 Å². The van der Waals surface area contributed by atoms with Gasteiger partial charge in [0.15, 0.2) is 0 Å². The van der Waals surface area contributed by atoms with E-state index >= 15 is 0 Å². The molecule has 2 aromatic rings. The van der Waals surface area contributed by atoms with Crippen LogP contribution in [0.4, 0.5) is 0 Å². The first kappa shape index (κ1) is 11.7. The van der Waals surface area contributed by atoms with E-state index in [1.165, 1.54) is 0 Å². The Bertz CT molecular complexity index is 446. The van der Waals surface area contributed by atoms with E-state index in [4.69, 9.17) is 14.9 Å². The minimum atomic E-state index is -0.151. The molecule has 0 bridgehead atoms. The molecule has 1 heterocycles. The van der Waals surface area contributed by atoms with Crippen LogP contribution in [-0.4, -0.2) is 6.10 Å². The van der Waals surface area contributed by atoms with Gasteiger partial charge in [-0.15, -0.1) is 0 Å². The minimum absolute atomic E-state index is 0.151. The third kappa shape index (κ3) is 2.88. The average Bonchev–Trinajstić information content (AvgIpc) is 2.82. The Morgan fingerprint density at radius 2 is 1.76 bits per heavy atom. The lowest BCUT2D eigenvalue weighted by molar-refractivity contribution is 0.242. The second-order valence-corrected chi connectivity index (χ2v) is 4.27. The topological polar surface area (TPSA) is 48.4 Å². The summed E-state index contributed by atoms with van der Waals surface area (Å²) in [4.78, 5) is 0. The van der Waals surface area contributed by atoms with Crippen molar-refractivity contribution >= 4 is 0 Å². The first-order chi connectivity index (χ1) is 8.16. The lowest BCUT2D eigenvalue weighted by atomic mass is 10.0. The van der Waals surface area contributed by atoms with Crippen LogP contribution >= 0.6 is 0 Å². The fraction of sp³-hybridized carbons (Fsp3) is 0.286. The number of nitrogens with two attached hydrogens (primary N) is 1. The fourth-order valence-electron chi connectivity index (χ4n) is 1.67. The molecule has 3 heteroatoms. The van der Waals surface area contributed by atoms with Gasteiger partial charge in [-0.25, -0.2) is 0 Å². The van der Waals surface area contributed by atoms with Gasteiger partial charge in [0.05, 0.1) is 24.7 Å². The Kier molecular flexibility index (Phi) is 3.49. The van der Waals surface area contributed by atoms with Gasteiger partial charge in [0.2, 0.25) is 0 Å². The van der Waals surface area contributed by atoms with Crippen LogP contribution in [0.2, 0.25) is 0 Å². The quantitative estimate of drug-likeness (QED) is 0.879. The smallest absolute Gasteiger partial charge is 0.119 e. The molecule has 0 spiro atoms. The molecule has 2 rings (SSSR count). The number of ether oxygens (including phenoxy) is 1. The second kappa shape index (κ2) is 5.06. The summed E-state index contributed by atoms with van der Waals surface area (Å²) in [7, 11) is 0. The van der Waals surface area contributed by atoms with Crippen LogP contribution in [0.3, 0.4) is 0 Å². The molecule has 0 aliphatic carbocycles. The van der Waals surface area contributed by atoms with E-state index in [1.54, 1.807) is 12.5 Å². The van der Waals surface area contributed by atoms with Crippen molar-refractivity contribution in [3.63, 3.8) is 0 Å². The van der Waals surface area contributed by atoms with Crippen LogP contribution in [0, 0.1) is 0 Å².